The van der Waals surface area contributed by atoms with Crippen molar-refractivity contribution in [3.8, 4) is 0 Å². The Bertz CT molecular complexity index is 483. The summed E-state index contributed by atoms with van der Waals surface area (Å²) in [6.45, 7) is 6.07. The first-order valence-corrected chi connectivity index (χ1v) is 7.34. The second kappa shape index (κ2) is 6.37. The van der Waals surface area contributed by atoms with E-state index < -0.39 is 0 Å². The SMILES string of the molecule is CC(C)Nc1nn(C2CCNCC2)c(/C=C(\N)Cl)c1N. The van der Waals surface area contributed by atoms with Gasteiger partial charge in [-0.3, -0.25) is 4.68 Å². The van der Waals surface area contributed by atoms with Crippen LogP contribution in [0.15, 0.2) is 5.16 Å². The van der Waals surface area contributed by atoms with Crippen molar-refractivity contribution in [1.29, 1.82) is 0 Å². The number of nitrogen functional groups attached to an aromatic ring is 1. The fourth-order valence-electron chi connectivity index (χ4n) is 2.44. The zero-order chi connectivity index (χ0) is 14.7. The molecule has 0 aliphatic carbocycles. The minimum absolute atomic E-state index is 0.211. The van der Waals surface area contributed by atoms with E-state index in [0.717, 1.165) is 31.6 Å². The summed E-state index contributed by atoms with van der Waals surface area (Å²) in [7, 11) is 0. The fourth-order valence-corrected chi connectivity index (χ4v) is 2.55. The largest absolute Gasteiger partial charge is 0.394 e. The van der Waals surface area contributed by atoms with Crippen LogP contribution in [0.1, 0.15) is 38.4 Å². The van der Waals surface area contributed by atoms with E-state index in [-0.39, 0.29) is 11.2 Å². The van der Waals surface area contributed by atoms with E-state index in [2.05, 4.69) is 29.6 Å². The molecule has 0 radical (unpaired) electrons. The van der Waals surface area contributed by atoms with E-state index >= 15 is 0 Å². The Morgan fingerprint density at radius 1 is 1.50 bits per heavy atom. The molecule has 7 heteroatoms. The second-order valence-electron chi connectivity index (χ2n) is 5.40. The molecule has 0 spiro atoms. The van der Waals surface area contributed by atoms with Crippen LogP contribution in [0.5, 0.6) is 0 Å². The highest BCUT2D eigenvalue weighted by atomic mass is 35.5. The van der Waals surface area contributed by atoms with Crippen molar-refractivity contribution in [2.75, 3.05) is 24.1 Å². The van der Waals surface area contributed by atoms with Gasteiger partial charge in [-0.05, 0) is 39.8 Å². The van der Waals surface area contributed by atoms with Gasteiger partial charge in [0.1, 0.15) is 10.8 Å². The van der Waals surface area contributed by atoms with Crippen molar-refractivity contribution < 1.29 is 0 Å². The van der Waals surface area contributed by atoms with E-state index in [1.54, 1.807) is 6.08 Å². The number of hydrogen-bond acceptors (Lipinski definition) is 5. The Balaban J connectivity index is 2.39. The Labute approximate surface area is 124 Å². The number of nitrogens with two attached hydrogens (primary N) is 2. The first-order valence-electron chi connectivity index (χ1n) is 6.97. The van der Waals surface area contributed by atoms with E-state index in [1.807, 2.05) is 4.68 Å². The molecule has 1 fully saturated rings. The van der Waals surface area contributed by atoms with E-state index in [1.165, 1.54) is 0 Å². The average molecular weight is 299 g/mol. The van der Waals surface area contributed by atoms with Crippen LogP contribution < -0.4 is 22.1 Å². The highest BCUT2D eigenvalue weighted by Gasteiger charge is 2.22. The number of rotatable bonds is 4. The molecule has 0 bridgehead atoms. The highest BCUT2D eigenvalue weighted by Crippen LogP contribution is 2.30. The van der Waals surface area contributed by atoms with Crippen LogP contribution in [0.25, 0.3) is 6.08 Å². The maximum atomic E-state index is 6.19. The summed E-state index contributed by atoms with van der Waals surface area (Å²) < 4.78 is 1.95. The molecule has 1 aliphatic heterocycles. The summed E-state index contributed by atoms with van der Waals surface area (Å²) >= 11 is 5.82. The van der Waals surface area contributed by atoms with Gasteiger partial charge in [-0.1, -0.05) is 11.6 Å². The Kier molecular flexibility index (Phi) is 4.77. The number of halogens is 1. The van der Waals surface area contributed by atoms with Crippen LogP contribution >= 0.6 is 11.6 Å². The monoisotopic (exact) mass is 298 g/mol. The van der Waals surface area contributed by atoms with Gasteiger partial charge in [0.25, 0.3) is 0 Å². The van der Waals surface area contributed by atoms with E-state index in [0.29, 0.717) is 17.5 Å². The molecule has 0 unspecified atom stereocenters. The first kappa shape index (κ1) is 15.0. The molecule has 2 heterocycles. The molecule has 112 valence electrons. The molecule has 20 heavy (non-hydrogen) atoms. The molecule has 1 aromatic rings. The minimum atomic E-state index is 0.211. The van der Waals surface area contributed by atoms with Gasteiger partial charge in [-0.25, -0.2) is 0 Å². The molecule has 6 N–H and O–H groups in total. The van der Waals surface area contributed by atoms with E-state index in [4.69, 9.17) is 23.1 Å². The maximum Gasteiger partial charge on any atom is 0.172 e. The third kappa shape index (κ3) is 3.37. The van der Waals surface area contributed by atoms with Crippen molar-refractivity contribution in [3.05, 3.63) is 10.9 Å². The predicted molar refractivity (Wildman–Crippen MR) is 84.6 cm³/mol. The van der Waals surface area contributed by atoms with Gasteiger partial charge in [-0.2, -0.15) is 5.10 Å². The summed E-state index contributed by atoms with van der Waals surface area (Å²) in [5.41, 5.74) is 13.2. The van der Waals surface area contributed by atoms with Gasteiger partial charge >= 0.3 is 0 Å². The number of anilines is 2. The summed E-state index contributed by atoms with van der Waals surface area (Å²) in [6, 6.07) is 0.586. The lowest BCUT2D eigenvalue weighted by molar-refractivity contribution is 0.342. The molecule has 0 aromatic carbocycles. The van der Waals surface area contributed by atoms with Crippen LogP contribution in [0.2, 0.25) is 0 Å². The van der Waals surface area contributed by atoms with Crippen molar-refractivity contribution in [2.45, 2.75) is 38.8 Å². The fraction of sp³-hybridized carbons (Fsp3) is 0.615. The van der Waals surface area contributed by atoms with E-state index in [9.17, 15) is 0 Å². The maximum absolute atomic E-state index is 6.19. The quantitative estimate of drug-likeness (QED) is 0.635. The lowest BCUT2D eigenvalue weighted by Gasteiger charge is -2.24. The Morgan fingerprint density at radius 3 is 2.70 bits per heavy atom. The van der Waals surface area contributed by atoms with Crippen molar-refractivity contribution in [2.24, 2.45) is 5.73 Å². The van der Waals surface area contributed by atoms with Crippen LogP contribution in [-0.2, 0) is 0 Å². The smallest absolute Gasteiger partial charge is 0.172 e. The molecule has 6 nitrogen and oxygen atoms in total. The molecule has 2 rings (SSSR count). The molecule has 1 saturated heterocycles. The van der Waals surface area contributed by atoms with Crippen LogP contribution in [0, 0.1) is 0 Å². The van der Waals surface area contributed by atoms with Gasteiger partial charge in [0.2, 0.25) is 0 Å². The third-order valence-electron chi connectivity index (χ3n) is 3.34. The molecule has 1 aliphatic rings. The van der Waals surface area contributed by atoms with Crippen LogP contribution in [0.3, 0.4) is 0 Å². The zero-order valence-corrected chi connectivity index (χ0v) is 12.7. The first-order chi connectivity index (χ1) is 9.49. The van der Waals surface area contributed by atoms with Gasteiger partial charge < -0.3 is 22.1 Å². The number of aromatic nitrogens is 2. The number of nitrogens with zero attached hydrogens (tertiary/aromatic N) is 2. The zero-order valence-electron chi connectivity index (χ0n) is 12.0. The van der Waals surface area contributed by atoms with Gasteiger partial charge in [-0.15, -0.1) is 0 Å². The van der Waals surface area contributed by atoms with Gasteiger partial charge in [0, 0.05) is 12.1 Å². The lowest BCUT2D eigenvalue weighted by Crippen LogP contribution is -2.30. The van der Waals surface area contributed by atoms with Gasteiger partial charge in [0.15, 0.2) is 5.82 Å². The topological polar surface area (TPSA) is 93.9 Å². The Morgan fingerprint density at radius 2 is 2.15 bits per heavy atom. The Hall–Kier alpha value is -1.40. The average Bonchev–Trinajstić information content (AvgIpc) is 2.68. The molecular formula is C13H23ClN6. The summed E-state index contributed by atoms with van der Waals surface area (Å²) in [5.74, 6) is 0.697. The number of piperidine rings is 1. The van der Waals surface area contributed by atoms with Gasteiger partial charge in [0.05, 0.1) is 11.7 Å². The van der Waals surface area contributed by atoms with Crippen LogP contribution in [-0.4, -0.2) is 28.9 Å². The predicted octanol–water partition coefficient (Wildman–Crippen LogP) is 1.71. The molecule has 0 amide bonds. The second-order valence-corrected chi connectivity index (χ2v) is 5.84. The summed E-state index contributed by atoms with van der Waals surface area (Å²) in [4.78, 5) is 0. The lowest BCUT2D eigenvalue weighted by atomic mass is 10.1. The summed E-state index contributed by atoms with van der Waals surface area (Å²) in [6.07, 6.45) is 3.72. The van der Waals surface area contributed by atoms with Crippen LogP contribution in [0.4, 0.5) is 11.5 Å². The molecular weight excluding hydrogens is 276 g/mol. The summed E-state index contributed by atoms with van der Waals surface area (Å²) in [5, 5.41) is 11.4. The molecule has 0 saturated carbocycles. The minimum Gasteiger partial charge on any atom is -0.394 e. The third-order valence-corrected chi connectivity index (χ3v) is 3.45. The van der Waals surface area contributed by atoms with Crippen molar-refractivity contribution in [1.82, 2.24) is 15.1 Å². The molecule has 0 atom stereocenters. The number of nitrogens with one attached hydrogen (secondary N) is 2. The highest BCUT2D eigenvalue weighted by molar-refractivity contribution is 6.31. The van der Waals surface area contributed by atoms with Crippen molar-refractivity contribution in [3.63, 3.8) is 0 Å². The molecule has 1 aromatic heterocycles. The van der Waals surface area contributed by atoms with Crippen molar-refractivity contribution >= 4 is 29.2 Å². The number of hydrogen-bond donors (Lipinski definition) is 4. The standard InChI is InChI=1S/C13H23ClN6/c1-8(2)18-13-12(16)10(7-11(14)15)20(19-13)9-3-5-17-6-4-9/h7-9,17H,3-6,15-16H2,1-2H3,(H,18,19)/b11-7-. The normalized spacial score (nSPS) is 17.7.